The predicted molar refractivity (Wildman–Crippen MR) is 111 cm³/mol. The number of anilines is 2. The van der Waals surface area contributed by atoms with Gasteiger partial charge in [-0.3, -0.25) is 9.10 Å². The van der Waals surface area contributed by atoms with Crippen molar-refractivity contribution in [3.05, 3.63) is 59.1 Å². The maximum absolute atomic E-state index is 12.3. The Balaban J connectivity index is 1.99. The maximum Gasteiger partial charge on any atom is 0.240 e. The van der Waals surface area contributed by atoms with Gasteiger partial charge in [0.2, 0.25) is 15.9 Å². The van der Waals surface area contributed by atoms with Crippen LogP contribution in [0.3, 0.4) is 0 Å². The fourth-order valence-electron chi connectivity index (χ4n) is 2.59. The summed E-state index contributed by atoms with van der Waals surface area (Å²) >= 11 is 6.00. The predicted octanol–water partition coefficient (Wildman–Crippen LogP) is 2.67. The Hall–Kier alpha value is -2.25. The summed E-state index contributed by atoms with van der Waals surface area (Å²) in [6.07, 6.45) is 1.07. The number of para-hydroxylation sites is 1. The highest BCUT2D eigenvalue weighted by Crippen LogP contribution is 2.26. The van der Waals surface area contributed by atoms with Crippen LogP contribution in [0.25, 0.3) is 0 Å². The monoisotopic (exact) mass is 409 g/mol. The topological polar surface area (TPSA) is 69.7 Å². The number of carbonyl (C=O) groups is 1. The molecular weight excluding hydrogens is 386 g/mol. The quantitative estimate of drug-likeness (QED) is 0.727. The van der Waals surface area contributed by atoms with Crippen LogP contribution in [0.15, 0.2) is 48.5 Å². The number of nitrogens with zero attached hydrogens (tertiary/aromatic N) is 2. The lowest BCUT2D eigenvalue weighted by atomic mass is 10.2. The van der Waals surface area contributed by atoms with E-state index in [-0.39, 0.29) is 12.5 Å². The Labute approximate surface area is 165 Å². The first-order valence-electron chi connectivity index (χ1n) is 8.45. The number of sulfonamides is 1. The van der Waals surface area contributed by atoms with Crippen molar-refractivity contribution >= 4 is 38.9 Å². The van der Waals surface area contributed by atoms with Gasteiger partial charge in [-0.05, 0) is 36.8 Å². The van der Waals surface area contributed by atoms with Crippen molar-refractivity contribution < 1.29 is 13.2 Å². The molecule has 8 heteroatoms. The van der Waals surface area contributed by atoms with Crippen molar-refractivity contribution in [1.29, 1.82) is 0 Å². The fraction of sp³-hybridized carbons (Fsp3) is 0.316. The second kappa shape index (κ2) is 9.10. The van der Waals surface area contributed by atoms with Gasteiger partial charge in [0.05, 0.1) is 11.9 Å². The molecule has 0 saturated carbocycles. The zero-order valence-electron chi connectivity index (χ0n) is 15.6. The lowest BCUT2D eigenvalue weighted by Gasteiger charge is -2.24. The van der Waals surface area contributed by atoms with Crippen LogP contribution in [0.4, 0.5) is 11.4 Å². The molecule has 1 amide bonds. The van der Waals surface area contributed by atoms with Crippen LogP contribution in [0.5, 0.6) is 0 Å². The molecule has 0 aliphatic rings. The van der Waals surface area contributed by atoms with Gasteiger partial charge in [0.1, 0.15) is 6.54 Å². The lowest BCUT2D eigenvalue weighted by Crippen LogP contribution is -2.42. The summed E-state index contributed by atoms with van der Waals surface area (Å²) in [5.41, 5.74) is 2.17. The Kier molecular flexibility index (Phi) is 7.10. The minimum Gasteiger partial charge on any atom is -0.373 e. The zero-order valence-corrected chi connectivity index (χ0v) is 17.2. The molecule has 0 aliphatic carbocycles. The minimum atomic E-state index is -3.63. The van der Waals surface area contributed by atoms with Crippen LogP contribution >= 0.6 is 11.6 Å². The molecule has 2 aromatic carbocycles. The van der Waals surface area contributed by atoms with E-state index in [9.17, 15) is 13.2 Å². The van der Waals surface area contributed by atoms with Crippen molar-refractivity contribution in [2.24, 2.45) is 0 Å². The van der Waals surface area contributed by atoms with Gasteiger partial charge in [-0.15, -0.1) is 0 Å². The van der Waals surface area contributed by atoms with Gasteiger partial charge in [0.15, 0.2) is 0 Å². The molecule has 0 aromatic heterocycles. The smallest absolute Gasteiger partial charge is 0.240 e. The Morgan fingerprint density at radius 3 is 2.44 bits per heavy atom. The molecule has 1 N–H and O–H groups in total. The average Bonchev–Trinajstić information content (AvgIpc) is 2.61. The van der Waals surface area contributed by atoms with E-state index in [1.54, 1.807) is 25.1 Å². The van der Waals surface area contributed by atoms with Gasteiger partial charge in [0.25, 0.3) is 0 Å². The molecule has 0 unspecified atom stereocenters. The van der Waals surface area contributed by atoms with E-state index in [0.29, 0.717) is 23.8 Å². The number of rotatable bonds is 8. The first-order chi connectivity index (χ1) is 12.7. The normalized spacial score (nSPS) is 11.1. The maximum atomic E-state index is 12.3. The van der Waals surface area contributed by atoms with Crippen LogP contribution < -0.4 is 14.5 Å². The van der Waals surface area contributed by atoms with E-state index >= 15 is 0 Å². The number of halogens is 1. The lowest BCUT2D eigenvalue weighted by molar-refractivity contribution is -0.119. The third-order valence-corrected chi connectivity index (χ3v) is 5.46. The first-order valence-corrected chi connectivity index (χ1v) is 10.7. The van der Waals surface area contributed by atoms with Gasteiger partial charge in [-0.2, -0.15) is 0 Å². The molecule has 0 aliphatic heterocycles. The Bertz CT molecular complexity index is 888. The SMILES string of the molecule is Cc1ccc(Cl)cc1N(CC(=O)NCCN(C)c1ccccc1)S(C)(=O)=O. The average molecular weight is 410 g/mol. The summed E-state index contributed by atoms with van der Waals surface area (Å²) in [7, 11) is -1.70. The molecule has 0 atom stereocenters. The highest BCUT2D eigenvalue weighted by atomic mass is 35.5. The van der Waals surface area contributed by atoms with Crippen LogP contribution in [0.1, 0.15) is 5.56 Å². The molecule has 0 spiro atoms. The summed E-state index contributed by atoms with van der Waals surface area (Å²) in [6, 6.07) is 14.8. The number of aryl methyl sites for hydroxylation is 1. The standard InChI is InChI=1S/C19H24ClN3O3S/c1-15-9-10-16(20)13-18(15)23(27(3,25)26)14-19(24)21-11-12-22(2)17-7-5-4-6-8-17/h4-10,13H,11-12,14H2,1-3H3,(H,21,24). The molecular formula is C19H24ClN3O3S. The molecule has 0 fully saturated rings. The van der Waals surface area contributed by atoms with E-state index in [4.69, 9.17) is 11.6 Å². The van der Waals surface area contributed by atoms with E-state index in [1.165, 1.54) is 0 Å². The van der Waals surface area contributed by atoms with E-state index in [2.05, 4.69) is 5.32 Å². The zero-order chi connectivity index (χ0) is 20.0. The van der Waals surface area contributed by atoms with Crippen LogP contribution in [0, 0.1) is 6.92 Å². The van der Waals surface area contributed by atoms with Gasteiger partial charge in [0, 0.05) is 30.8 Å². The molecule has 2 aromatic rings. The fourth-order valence-corrected chi connectivity index (χ4v) is 3.67. The van der Waals surface area contributed by atoms with E-state index in [0.717, 1.165) is 21.8 Å². The van der Waals surface area contributed by atoms with E-state index < -0.39 is 10.0 Å². The van der Waals surface area contributed by atoms with Gasteiger partial charge < -0.3 is 10.2 Å². The molecule has 0 bridgehead atoms. The molecule has 0 saturated heterocycles. The van der Waals surface area contributed by atoms with Crippen molar-refractivity contribution in [3.63, 3.8) is 0 Å². The Morgan fingerprint density at radius 2 is 1.81 bits per heavy atom. The summed E-state index contributed by atoms with van der Waals surface area (Å²) in [5, 5.41) is 3.18. The third kappa shape index (κ3) is 6.15. The van der Waals surface area contributed by atoms with E-state index in [1.807, 2.05) is 42.3 Å². The highest BCUT2D eigenvalue weighted by molar-refractivity contribution is 7.92. The minimum absolute atomic E-state index is 0.297. The summed E-state index contributed by atoms with van der Waals surface area (Å²) in [5.74, 6) is -0.374. The molecule has 146 valence electrons. The molecule has 2 rings (SSSR count). The summed E-state index contributed by atoms with van der Waals surface area (Å²) in [4.78, 5) is 14.3. The van der Waals surface area contributed by atoms with Crippen molar-refractivity contribution in [2.75, 3.05) is 42.1 Å². The largest absolute Gasteiger partial charge is 0.373 e. The number of likely N-dealkylation sites (N-methyl/N-ethyl adjacent to an activating group) is 1. The Morgan fingerprint density at radius 1 is 1.15 bits per heavy atom. The van der Waals surface area contributed by atoms with Gasteiger partial charge >= 0.3 is 0 Å². The molecule has 6 nitrogen and oxygen atoms in total. The molecule has 27 heavy (non-hydrogen) atoms. The van der Waals surface area contributed by atoms with Gasteiger partial charge in [-0.1, -0.05) is 35.9 Å². The third-order valence-electron chi connectivity index (χ3n) is 4.09. The second-order valence-corrected chi connectivity index (χ2v) is 8.65. The number of nitrogens with one attached hydrogen (secondary N) is 1. The van der Waals surface area contributed by atoms with Crippen LogP contribution in [0.2, 0.25) is 5.02 Å². The number of carbonyl (C=O) groups excluding carboxylic acids is 1. The second-order valence-electron chi connectivity index (χ2n) is 6.31. The van der Waals surface area contributed by atoms with Crippen molar-refractivity contribution in [2.45, 2.75) is 6.92 Å². The number of benzene rings is 2. The molecule has 0 radical (unpaired) electrons. The highest BCUT2D eigenvalue weighted by Gasteiger charge is 2.22. The summed E-state index contributed by atoms with van der Waals surface area (Å²) in [6.45, 7) is 2.48. The van der Waals surface area contributed by atoms with Gasteiger partial charge in [-0.25, -0.2) is 8.42 Å². The summed E-state index contributed by atoms with van der Waals surface area (Å²) < 4.78 is 25.5. The number of hydrogen-bond donors (Lipinski definition) is 1. The van der Waals surface area contributed by atoms with Crippen LogP contribution in [-0.4, -0.2) is 47.3 Å². The number of hydrogen-bond acceptors (Lipinski definition) is 4. The first kappa shape index (κ1) is 21.1. The molecule has 0 heterocycles. The van der Waals surface area contributed by atoms with Crippen molar-refractivity contribution in [1.82, 2.24) is 5.32 Å². The number of amides is 1. The van der Waals surface area contributed by atoms with Crippen LogP contribution in [-0.2, 0) is 14.8 Å². The van der Waals surface area contributed by atoms with Crippen molar-refractivity contribution in [3.8, 4) is 0 Å².